The Morgan fingerprint density at radius 1 is 1.29 bits per heavy atom. The molecule has 1 heterocycles. The molecule has 0 aliphatic heterocycles. The molecule has 0 unspecified atom stereocenters. The fourth-order valence-electron chi connectivity index (χ4n) is 2.84. The molecule has 28 heavy (non-hydrogen) atoms. The van der Waals surface area contributed by atoms with Crippen LogP contribution in [0.15, 0.2) is 57.8 Å². The number of carbonyl (C=O) groups is 1. The number of halogens is 1. The number of para-hydroxylation sites is 1. The Labute approximate surface area is 171 Å². The number of hydrogen-bond acceptors (Lipinski definition) is 4. The van der Waals surface area contributed by atoms with Crippen molar-refractivity contribution in [2.24, 2.45) is 0 Å². The van der Waals surface area contributed by atoms with Gasteiger partial charge in [0.25, 0.3) is 5.56 Å². The van der Waals surface area contributed by atoms with Gasteiger partial charge in [0.1, 0.15) is 11.6 Å². The van der Waals surface area contributed by atoms with Gasteiger partial charge < -0.3 is 14.6 Å². The highest BCUT2D eigenvalue weighted by Gasteiger charge is 2.12. The Balaban J connectivity index is 1.81. The Morgan fingerprint density at radius 3 is 2.82 bits per heavy atom. The van der Waals surface area contributed by atoms with Gasteiger partial charge in [-0.1, -0.05) is 28.1 Å². The molecule has 0 bridgehead atoms. The summed E-state index contributed by atoms with van der Waals surface area (Å²) in [6, 6.07) is 12.7. The minimum absolute atomic E-state index is 0.180. The van der Waals surface area contributed by atoms with E-state index < -0.39 is 0 Å². The number of aromatic nitrogens is 2. The van der Waals surface area contributed by atoms with Crippen LogP contribution in [0, 0.1) is 0 Å². The number of likely N-dealkylation sites (N-methyl/N-ethyl adjacent to an activating group) is 1. The van der Waals surface area contributed by atoms with E-state index >= 15 is 0 Å². The lowest BCUT2D eigenvalue weighted by Crippen LogP contribution is -2.30. The number of amides is 1. The largest absolute Gasteiger partial charge is 0.496 e. The summed E-state index contributed by atoms with van der Waals surface area (Å²) in [7, 11) is 1.59. The molecule has 144 valence electrons. The van der Waals surface area contributed by atoms with Gasteiger partial charge >= 0.3 is 0 Å². The Morgan fingerprint density at radius 2 is 2.07 bits per heavy atom. The molecule has 3 aromatic rings. The quantitative estimate of drug-likeness (QED) is 0.590. The van der Waals surface area contributed by atoms with Gasteiger partial charge in [-0.15, -0.1) is 0 Å². The molecule has 7 heteroatoms. The number of H-pyrrole nitrogens is 1. The zero-order valence-electron chi connectivity index (χ0n) is 15.6. The first-order valence-corrected chi connectivity index (χ1v) is 9.59. The molecule has 0 fully saturated rings. The van der Waals surface area contributed by atoms with E-state index in [4.69, 9.17) is 4.74 Å². The molecule has 3 rings (SSSR count). The van der Waals surface area contributed by atoms with Crippen molar-refractivity contribution in [1.29, 1.82) is 0 Å². The SMILES string of the molecule is CCN(Cc1nc2ccccc2c(=O)[nH]1)C(=O)/C=C\c1cc(Br)ccc1OC. The van der Waals surface area contributed by atoms with Crippen LogP contribution in [0.3, 0.4) is 0 Å². The number of carbonyl (C=O) groups excluding carboxylic acids is 1. The predicted octanol–water partition coefficient (Wildman–Crippen LogP) is 3.76. The van der Waals surface area contributed by atoms with Crippen LogP contribution in [0.2, 0.25) is 0 Å². The van der Waals surface area contributed by atoms with Crippen molar-refractivity contribution in [2.75, 3.05) is 13.7 Å². The molecule has 0 spiro atoms. The van der Waals surface area contributed by atoms with Gasteiger partial charge in [-0.25, -0.2) is 4.98 Å². The number of fused-ring (bicyclic) bond motifs is 1. The highest BCUT2D eigenvalue weighted by molar-refractivity contribution is 9.10. The van der Waals surface area contributed by atoms with Crippen LogP contribution < -0.4 is 10.3 Å². The molecule has 0 saturated carbocycles. The van der Waals surface area contributed by atoms with E-state index in [-0.39, 0.29) is 18.0 Å². The van der Waals surface area contributed by atoms with Crippen molar-refractivity contribution in [3.8, 4) is 5.75 Å². The predicted molar refractivity (Wildman–Crippen MR) is 113 cm³/mol. The van der Waals surface area contributed by atoms with Crippen LogP contribution in [-0.2, 0) is 11.3 Å². The van der Waals surface area contributed by atoms with Gasteiger partial charge in [0.15, 0.2) is 0 Å². The topological polar surface area (TPSA) is 75.3 Å². The molecule has 2 aromatic carbocycles. The number of benzene rings is 2. The lowest BCUT2D eigenvalue weighted by atomic mass is 10.2. The minimum Gasteiger partial charge on any atom is -0.496 e. The standard InChI is InChI=1S/C21H20BrN3O3/c1-3-25(13-19-23-17-7-5-4-6-16(17)21(27)24-19)20(26)11-8-14-12-15(22)9-10-18(14)28-2/h4-12H,3,13H2,1-2H3,(H,23,24,27)/b11-8-. The molecule has 1 N–H and O–H groups in total. The molecular weight excluding hydrogens is 422 g/mol. The monoisotopic (exact) mass is 441 g/mol. The van der Waals surface area contributed by atoms with Crippen LogP contribution in [0.4, 0.5) is 0 Å². The van der Waals surface area contributed by atoms with Crippen LogP contribution >= 0.6 is 15.9 Å². The van der Waals surface area contributed by atoms with Crippen LogP contribution in [0.5, 0.6) is 5.75 Å². The number of aromatic amines is 1. The number of ether oxygens (including phenoxy) is 1. The normalized spacial score (nSPS) is 11.1. The van der Waals surface area contributed by atoms with Gasteiger partial charge in [-0.2, -0.15) is 0 Å². The number of rotatable bonds is 6. The fraction of sp³-hybridized carbons (Fsp3) is 0.190. The van der Waals surface area contributed by atoms with Crippen LogP contribution in [0.1, 0.15) is 18.3 Å². The van der Waals surface area contributed by atoms with Gasteiger partial charge in [0, 0.05) is 22.7 Å². The van der Waals surface area contributed by atoms with E-state index in [9.17, 15) is 9.59 Å². The van der Waals surface area contributed by atoms with Crippen molar-refractivity contribution in [2.45, 2.75) is 13.5 Å². The van der Waals surface area contributed by atoms with Gasteiger partial charge in [-0.3, -0.25) is 9.59 Å². The molecular formula is C21H20BrN3O3. The maximum atomic E-state index is 12.7. The smallest absolute Gasteiger partial charge is 0.258 e. The lowest BCUT2D eigenvalue weighted by Gasteiger charge is -2.18. The Bertz CT molecular complexity index is 1090. The summed E-state index contributed by atoms with van der Waals surface area (Å²) in [4.78, 5) is 33.7. The van der Waals surface area contributed by atoms with Gasteiger partial charge in [0.2, 0.25) is 5.91 Å². The Hall–Kier alpha value is -2.93. The third kappa shape index (κ3) is 4.48. The molecule has 0 aliphatic rings. The first-order valence-electron chi connectivity index (χ1n) is 8.80. The van der Waals surface area contributed by atoms with E-state index in [1.54, 1.807) is 36.3 Å². The van der Waals surface area contributed by atoms with Crippen molar-refractivity contribution in [3.63, 3.8) is 0 Å². The summed E-state index contributed by atoms with van der Waals surface area (Å²) < 4.78 is 6.22. The maximum Gasteiger partial charge on any atom is 0.258 e. The molecule has 6 nitrogen and oxygen atoms in total. The number of nitrogens with zero attached hydrogens (tertiary/aromatic N) is 2. The zero-order chi connectivity index (χ0) is 20.1. The van der Waals surface area contributed by atoms with E-state index in [2.05, 4.69) is 25.9 Å². The Kier molecular flexibility index (Phi) is 6.26. The zero-order valence-corrected chi connectivity index (χ0v) is 17.2. The van der Waals surface area contributed by atoms with Crippen molar-refractivity contribution >= 4 is 38.8 Å². The van der Waals surface area contributed by atoms with Crippen LogP contribution in [-0.4, -0.2) is 34.4 Å². The fourth-order valence-corrected chi connectivity index (χ4v) is 3.22. The summed E-state index contributed by atoms with van der Waals surface area (Å²) in [6.07, 6.45) is 3.21. The van der Waals surface area contributed by atoms with Crippen molar-refractivity contribution < 1.29 is 9.53 Å². The maximum absolute atomic E-state index is 12.7. The number of hydrogen-bond donors (Lipinski definition) is 1. The number of methoxy groups -OCH3 is 1. The summed E-state index contributed by atoms with van der Waals surface area (Å²) in [5.41, 5.74) is 1.19. The van der Waals surface area contributed by atoms with Gasteiger partial charge in [-0.05, 0) is 43.3 Å². The molecule has 0 saturated heterocycles. The molecule has 0 atom stereocenters. The molecule has 0 radical (unpaired) electrons. The van der Waals surface area contributed by atoms with E-state index in [0.717, 1.165) is 10.0 Å². The van der Waals surface area contributed by atoms with Crippen molar-refractivity contribution in [3.05, 3.63) is 74.8 Å². The average Bonchev–Trinajstić information content (AvgIpc) is 2.70. The number of nitrogens with one attached hydrogen (secondary N) is 1. The van der Waals surface area contributed by atoms with E-state index in [1.807, 2.05) is 31.2 Å². The summed E-state index contributed by atoms with van der Waals surface area (Å²) in [6.45, 7) is 2.58. The molecule has 1 amide bonds. The third-order valence-electron chi connectivity index (χ3n) is 4.29. The first-order chi connectivity index (χ1) is 13.5. The second-order valence-corrected chi connectivity index (χ2v) is 7.02. The summed E-state index contributed by atoms with van der Waals surface area (Å²) in [5, 5.41) is 0.530. The van der Waals surface area contributed by atoms with E-state index in [0.29, 0.717) is 29.0 Å². The second kappa shape index (κ2) is 8.84. The third-order valence-corrected chi connectivity index (χ3v) is 4.79. The minimum atomic E-state index is -0.210. The average molecular weight is 442 g/mol. The highest BCUT2D eigenvalue weighted by Crippen LogP contribution is 2.24. The molecule has 0 aliphatic carbocycles. The summed E-state index contributed by atoms with van der Waals surface area (Å²) >= 11 is 3.42. The summed E-state index contributed by atoms with van der Waals surface area (Å²) in [5.74, 6) is 0.948. The van der Waals surface area contributed by atoms with Crippen LogP contribution in [0.25, 0.3) is 17.0 Å². The second-order valence-electron chi connectivity index (χ2n) is 6.10. The highest BCUT2D eigenvalue weighted by atomic mass is 79.9. The molecule has 1 aromatic heterocycles. The van der Waals surface area contributed by atoms with Crippen molar-refractivity contribution in [1.82, 2.24) is 14.9 Å². The van der Waals surface area contributed by atoms with E-state index in [1.165, 1.54) is 6.08 Å². The first kappa shape index (κ1) is 19.8. The lowest BCUT2D eigenvalue weighted by molar-refractivity contribution is -0.126. The van der Waals surface area contributed by atoms with Gasteiger partial charge in [0.05, 0.1) is 24.6 Å².